The Morgan fingerprint density at radius 1 is 1.22 bits per heavy atom. The van der Waals surface area contributed by atoms with Crippen molar-refractivity contribution >= 4 is 28.5 Å². The van der Waals surface area contributed by atoms with E-state index in [-0.39, 0.29) is 0 Å². The Balaban J connectivity index is 2.17. The third-order valence-electron chi connectivity index (χ3n) is 2.24. The quantitative estimate of drug-likeness (QED) is 0.804. The number of rotatable bonds is 3. The Labute approximate surface area is 103 Å². The van der Waals surface area contributed by atoms with Crippen molar-refractivity contribution < 1.29 is 14.7 Å². The van der Waals surface area contributed by atoms with Gasteiger partial charge in [0.25, 0.3) is 0 Å². The molecular weight excluding hydrogens is 232 g/mol. The predicted molar refractivity (Wildman–Crippen MR) is 67.1 cm³/mol. The molecule has 5 heteroatoms. The van der Waals surface area contributed by atoms with Gasteiger partial charge in [-0.2, -0.15) is 0 Å². The molecule has 2 rings (SSSR count). The Bertz CT molecular complexity index is 635. The average molecular weight is 242 g/mol. The number of carbonyl (C=O) groups is 2. The number of nitrogens with one attached hydrogen (secondary N) is 1. The van der Waals surface area contributed by atoms with Crippen LogP contribution in [0, 0.1) is 0 Å². The largest absolute Gasteiger partial charge is 0.478 e. The SMILES string of the molecule is O=C(O)/C=C/C(=O)Nc1cnc2ccccc2c1. The summed E-state index contributed by atoms with van der Waals surface area (Å²) < 4.78 is 0. The topological polar surface area (TPSA) is 79.3 Å². The molecule has 0 atom stereocenters. The van der Waals surface area contributed by atoms with Crippen LogP contribution in [0.4, 0.5) is 5.69 Å². The van der Waals surface area contributed by atoms with Crippen molar-refractivity contribution in [1.82, 2.24) is 4.98 Å². The van der Waals surface area contributed by atoms with E-state index in [2.05, 4.69) is 10.3 Å². The van der Waals surface area contributed by atoms with Crippen LogP contribution in [0.5, 0.6) is 0 Å². The number of carbonyl (C=O) groups excluding carboxylic acids is 1. The summed E-state index contributed by atoms with van der Waals surface area (Å²) in [6.07, 6.45) is 3.26. The molecule has 1 aromatic carbocycles. The fourth-order valence-electron chi connectivity index (χ4n) is 1.47. The first-order valence-electron chi connectivity index (χ1n) is 5.22. The summed E-state index contributed by atoms with van der Waals surface area (Å²) in [5.74, 6) is -1.67. The molecule has 18 heavy (non-hydrogen) atoms. The Morgan fingerprint density at radius 2 is 2.00 bits per heavy atom. The van der Waals surface area contributed by atoms with Crippen LogP contribution in [0.25, 0.3) is 10.9 Å². The summed E-state index contributed by atoms with van der Waals surface area (Å²) in [6, 6.07) is 9.27. The van der Waals surface area contributed by atoms with Gasteiger partial charge < -0.3 is 10.4 Å². The number of hydrogen-bond donors (Lipinski definition) is 2. The standard InChI is InChI=1S/C13H10N2O3/c16-12(5-6-13(17)18)15-10-7-9-3-1-2-4-11(9)14-8-10/h1-8H,(H,15,16)(H,17,18)/b6-5+. The summed E-state index contributed by atoms with van der Waals surface area (Å²) >= 11 is 0. The maximum atomic E-state index is 11.4. The molecule has 2 aromatic rings. The van der Waals surface area contributed by atoms with Gasteiger partial charge in [-0.3, -0.25) is 9.78 Å². The van der Waals surface area contributed by atoms with E-state index in [1.807, 2.05) is 24.3 Å². The van der Waals surface area contributed by atoms with E-state index in [4.69, 9.17) is 5.11 Å². The van der Waals surface area contributed by atoms with E-state index in [0.29, 0.717) is 5.69 Å². The van der Waals surface area contributed by atoms with E-state index in [9.17, 15) is 9.59 Å². The first-order chi connectivity index (χ1) is 8.65. The van der Waals surface area contributed by atoms with Gasteiger partial charge in [-0.15, -0.1) is 0 Å². The molecule has 90 valence electrons. The highest BCUT2D eigenvalue weighted by molar-refractivity contribution is 6.02. The fourth-order valence-corrected chi connectivity index (χ4v) is 1.47. The second kappa shape index (κ2) is 5.09. The molecule has 1 heterocycles. The molecule has 0 spiro atoms. The van der Waals surface area contributed by atoms with Gasteiger partial charge in [0, 0.05) is 17.5 Å². The molecular formula is C13H10N2O3. The molecule has 0 radical (unpaired) electrons. The van der Waals surface area contributed by atoms with Gasteiger partial charge in [-0.25, -0.2) is 4.79 Å². The smallest absolute Gasteiger partial charge is 0.328 e. The first kappa shape index (κ1) is 11.8. The third kappa shape index (κ3) is 2.91. The van der Waals surface area contributed by atoms with Gasteiger partial charge in [0.2, 0.25) is 5.91 Å². The molecule has 0 unspecified atom stereocenters. The second-order valence-corrected chi connectivity index (χ2v) is 3.58. The second-order valence-electron chi connectivity index (χ2n) is 3.58. The van der Waals surface area contributed by atoms with Gasteiger partial charge in [0.1, 0.15) is 0 Å². The van der Waals surface area contributed by atoms with E-state index in [1.54, 1.807) is 6.07 Å². The number of carboxylic acids is 1. The molecule has 0 bridgehead atoms. The summed E-state index contributed by atoms with van der Waals surface area (Å²) in [5, 5.41) is 11.8. The lowest BCUT2D eigenvalue weighted by molar-refractivity contribution is -0.131. The molecule has 0 fully saturated rings. The first-order valence-corrected chi connectivity index (χ1v) is 5.22. The molecule has 0 saturated heterocycles. The molecule has 0 aliphatic heterocycles. The van der Waals surface area contributed by atoms with E-state index >= 15 is 0 Å². The van der Waals surface area contributed by atoms with Crippen molar-refractivity contribution in [3.05, 3.63) is 48.7 Å². The lowest BCUT2D eigenvalue weighted by atomic mass is 10.2. The van der Waals surface area contributed by atoms with E-state index < -0.39 is 11.9 Å². The van der Waals surface area contributed by atoms with Crippen LogP contribution in [-0.4, -0.2) is 22.0 Å². The minimum atomic E-state index is -1.17. The monoisotopic (exact) mass is 242 g/mol. The number of aliphatic carboxylic acids is 1. The van der Waals surface area contributed by atoms with E-state index in [1.165, 1.54) is 6.20 Å². The van der Waals surface area contributed by atoms with Gasteiger partial charge in [-0.05, 0) is 12.1 Å². The van der Waals surface area contributed by atoms with Crippen molar-refractivity contribution in [2.24, 2.45) is 0 Å². The summed E-state index contributed by atoms with van der Waals surface area (Å²) in [6.45, 7) is 0. The predicted octanol–water partition coefficient (Wildman–Crippen LogP) is 1.81. The highest BCUT2D eigenvalue weighted by Gasteiger charge is 2.01. The number of anilines is 1. The van der Waals surface area contributed by atoms with Gasteiger partial charge in [0.05, 0.1) is 17.4 Å². The van der Waals surface area contributed by atoms with Crippen LogP contribution in [-0.2, 0) is 9.59 Å². The molecule has 2 N–H and O–H groups in total. The third-order valence-corrected chi connectivity index (χ3v) is 2.24. The van der Waals surface area contributed by atoms with Crippen molar-refractivity contribution in [3.63, 3.8) is 0 Å². The molecule has 1 aromatic heterocycles. The summed E-state index contributed by atoms with van der Waals surface area (Å²) in [5.41, 5.74) is 1.35. The summed E-state index contributed by atoms with van der Waals surface area (Å²) in [7, 11) is 0. The number of fused-ring (bicyclic) bond motifs is 1. The molecule has 0 aliphatic rings. The average Bonchev–Trinajstić information content (AvgIpc) is 2.36. The van der Waals surface area contributed by atoms with E-state index in [0.717, 1.165) is 23.1 Å². The van der Waals surface area contributed by atoms with Crippen molar-refractivity contribution in [2.45, 2.75) is 0 Å². The molecule has 0 aliphatic carbocycles. The zero-order valence-corrected chi connectivity index (χ0v) is 9.33. The fraction of sp³-hybridized carbons (Fsp3) is 0. The molecule has 5 nitrogen and oxygen atoms in total. The van der Waals surface area contributed by atoms with Crippen LogP contribution >= 0.6 is 0 Å². The Kier molecular flexibility index (Phi) is 3.33. The minimum Gasteiger partial charge on any atom is -0.478 e. The van der Waals surface area contributed by atoms with Crippen LogP contribution in [0.3, 0.4) is 0 Å². The van der Waals surface area contributed by atoms with Crippen molar-refractivity contribution in [3.8, 4) is 0 Å². The van der Waals surface area contributed by atoms with Crippen LogP contribution in [0.2, 0.25) is 0 Å². The zero-order chi connectivity index (χ0) is 13.0. The number of aromatic nitrogens is 1. The van der Waals surface area contributed by atoms with Gasteiger partial charge in [0.15, 0.2) is 0 Å². The van der Waals surface area contributed by atoms with Crippen molar-refractivity contribution in [1.29, 1.82) is 0 Å². The lowest BCUT2D eigenvalue weighted by Crippen LogP contribution is -2.08. The van der Waals surface area contributed by atoms with Crippen molar-refractivity contribution in [2.75, 3.05) is 5.32 Å². The number of hydrogen-bond acceptors (Lipinski definition) is 3. The number of benzene rings is 1. The number of pyridine rings is 1. The van der Waals surface area contributed by atoms with Gasteiger partial charge >= 0.3 is 5.97 Å². The number of para-hydroxylation sites is 1. The maximum Gasteiger partial charge on any atom is 0.328 e. The number of amides is 1. The molecule has 0 saturated carbocycles. The molecule has 1 amide bonds. The lowest BCUT2D eigenvalue weighted by Gasteiger charge is -2.03. The maximum absolute atomic E-state index is 11.4. The number of carboxylic acid groups (broad SMARTS) is 1. The van der Waals surface area contributed by atoms with Crippen LogP contribution < -0.4 is 5.32 Å². The highest BCUT2D eigenvalue weighted by Crippen LogP contribution is 2.15. The zero-order valence-electron chi connectivity index (χ0n) is 9.33. The Morgan fingerprint density at radius 3 is 2.78 bits per heavy atom. The minimum absolute atomic E-state index is 0.505. The van der Waals surface area contributed by atoms with Crippen LogP contribution in [0.15, 0.2) is 48.7 Å². The normalized spacial score (nSPS) is 10.7. The van der Waals surface area contributed by atoms with Gasteiger partial charge in [-0.1, -0.05) is 18.2 Å². The number of nitrogens with zero attached hydrogens (tertiary/aromatic N) is 1. The Hall–Kier alpha value is -2.69. The highest BCUT2D eigenvalue weighted by atomic mass is 16.4. The summed E-state index contributed by atoms with van der Waals surface area (Å²) in [4.78, 5) is 25.8. The van der Waals surface area contributed by atoms with Crippen LogP contribution in [0.1, 0.15) is 0 Å².